The second-order valence-electron chi connectivity index (χ2n) is 10.6. The number of fused-ring (bicyclic) bond motifs is 2. The van der Waals surface area contributed by atoms with Crippen molar-refractivity contribution in [3.8, 4) is 5.88 Å². The molecule has 0 saturated carbocycles. The van der Waals surface area contributed by atoms with Crippen LogP contribution in [0.4, 0.5) is 11.4 Å². The summed E-state index contributed by atoms with van der Waals surface area (Å²) in [5, 5.41) is 1.13. The first-order chi connectivity index (χ1) is 21.8. The number of ether oxygens (including phenoxy) is 1. The number of methoxy groups -OCH3 is 1. The number of carbonyl (C=O) groups is 1. The van der Waals surface area contributed by atoms with E-state index < -0.39 is 21.5 Å². The van der Waals surface area contributed by atoms with Gasteiger partial charge in [-0.3, -0.25) is 19.7 Å². The monoisotopic (exact) mass is 660 g/mol. The van der Waals surface area contributed by atoms with Crippen molar-refractivity contribution in [2.24, 2.45) is 0 Å². The van der Waals surface area contributed by atoms with Crippen LogP contribution in [0.15, 0.2) is 96.3 Å². The molecular formula is C32H26Cl2N6O4S. The van der Waals surface area contributed by atoms with E-state index in [1.165, 1.54) is 19.4 Å². The van der Waals surface area contributed by atoms with Crippen molar-refractivity contribution >= 4 is 61.4 Å². The van der Waals surface area contributed by atoms with Crippen LogP contribution < -0.4 is 13.9 Å². The number of anilines is 2. The molecule has 3 aromatic heterocycles. The van der Waals surface area contributed by atoms with E-state index in [1.54, 1.807) is 67.0 Å². The van der Waals surface area contributed by atoms with E-state index in [0.717, 1.165) is 9.99 Å². The highest BCUT2D eigenvalue weighted by Gasteiger charge is 2.61. The molecule has 0 radical (unpaired) electrons. The summed E-state index contributed by atoms with van der Waals surface area (Å²) in [6, 6.07) is 20.3. The van der Waals surface area contributed by atoms with Gasteiger partial charge in [-0.15, -0.1) is 0 Å². The molecular weight excluding hydrogens is 635 g/mol. The minimum absolute atomic E-state index is 0.0886. The third kappa shape index (κ3) is 4.61. The number of halogens is 2. The van der Waals surface area contributed by atoms with Gasteiger partial charge in [0.2, 0.25) is 5.88 Å². The molecule has 1 saturated heterocycles. The smallest absolute Gasteiger partial charge is 0.273 e. The molecule has 1 unspecified atom stereocenters. The summed E-state index contributed by atoms with van der Waals surface area (Å²) in [4.78, 5) is 32.2. The van der Waals surface area contributed by atoms with E-state index >= 15 is 4.79 Å². The molecule has 0 bridgehead atoms. The summed E-state index contributed by atoms with van der Waals surface area (Å²) < 4.78 is 36.0. The molecule has 7 rings (SSSR count). The van der Waals surface area contributed by atoms with Crippen molar-refractivity contribution in [1.82, 2.24) is 19.9 Å². The van der Waals surface area contributed by atoms with Crippen molar-refractivity contribution in [2.45, 2.75) is 10.4 Å². The Labute approximate surface area is 269 Å². The van der Waals surface area contributed by atoms with E-state index in [9.17, 15) is 8.42 Å². The lowest BCUT2D eigenvalue weighted by molar-refractivity contribution is -0.127. The number of hydrogen-bond acceptors (Lipinski definition) is 9. The van der Waals surface area contributed by atoms with Gasteiger partial charge in [0.15, 0.2) is 5.54 Å². The van der Waals surface area contributed by atoms with Crippen LogP contribution in [0.25, 0.3) is 10.9 Å². The van der Waals surface area contributed by atoms with Gasteiger partial charge in [-0.1, -0.05) is 41.4 Å². The predicted octanol–water partition coefficient (Wildman–Crippen LogP) is 5.14. The number of nitrogens with zero attached hydrogens (tertiary/aromatic N) is 6. The van der Waals surface area contributed by atoms with Gasteiger partial charge < -0.3 is 9.64 Å². The number of para-hydroxylation sites is 1. The normalized spacial score (nSPS) is 18.8. The highest BCUT2D eigenvalue weighted by Crippen LogP contribution is 2.53. The summed E-state index contributed by atoms with van der Waals surface area (Å²) in [5.74, 6) is -0.600. The van der Waals surface area contributed by atoms with Crippen LogP contribution >= 0.6 is 23.2 Å². The van der Waals surface area contributed by atoms with Crippen molar-refractivity contribution in [1.29, 1.82) is 0 Å². The number of pyridine rings is 3. The van der Waals surface area contributed by atoms with Gasteiger partial charge in [0.05, 0.1) is 18.3 Å². The molecule has 45 heavy (non-hydrogen) atoms. The Balaban J connectivity index is 1.45. The van der Waals surface area contributed by atoms with Gasteiger partial charge in [-0.05, 0) is 54.6 Å². The summed E-state index contributed by atoms with van der Waals surface area (Å²) in [5.41, 5.74) is 0.533. The molecule has 0 aliphatic carbocycles. The van der Waals surface area contributed by atoms with Gasteiger partial charge >= 0.3 is 0 Å². The molecule has 0 N–H and O–H groups in total. The number of sulfonamides is 1. The molecule has 2 aliphatic rings. The van der Waals surface area contributed by atoms with Crippen molar-refractivity contribution in [3.63, 3.8) is 0 Å². The Hall–Kier alpha value is -4.29. The van der Waals surface area contributed by atoms with Crippen molar-refractivity contribution in [3.05, 3.63) is 113 Å². The van der Waals surface area contributed by atoms with Crippen molar-refractivity contribution < 1.29 is 17.9 Å². The van der Waals surface area contributed by atoms with Crippen LogP contribution in [0.1, 0.15) is 11.1 Å². The van der Waals surface area contributed by atoms with Gasteiger partial charge in [0.1, 0.15) is 10.0 Å². The van der Waals surface area contributed by atoms with Crippen LogP contribution in [0.2, 0.25) is 10.2 Å². The molecule has 228 valence electrons. The fourth-order valence-corrected chi connectivity index (χ4v) is 8.35. The third-order valence-electron chi connectivity index (χ3n) is 8.37. The highest BCUT2D eigenvalue weighted by atomic mass is 35.5. The van der Waals surface area contributed by atoms with Gasteiger partial charge in [-0.25, -0.2) is 17.7 Å². The molecule has 2 aliphatic heterocycles. The first-order valence-electron chi connectivity index (χ1n) is 14.1. The molecule has 1 atom stereocenters. The first kappa shape index (κ1) is 29.4. The lowest BCUT2D eigenvalue weighted by atomic mass is 9.82. The van der Waals surface area contributed by atoms with Gasteiger partial charge in [-0.2, -0.15) is 0 Å². The van der Waals surface area contributed by atoms with Crippen LogP contribution in [-0.4, -0.2) is 67.5 Å². The fourth-order valence-electron chi connectivity index (χ4n) is 6.41. The van der Waals surface area contributed by atoms with E-state index in [4.69, 9.17) is 27.9 Å². The van der Waals surface area contributed by atoms with Gasteiger partial charge in [0.25, 0.3) is 15.9 Å². The topological polar surface area (TPSA) is 109 Å². The van der Waals surface area contributed by atoms with Crippen molar-refractivity contribution in [2.75, 3.05) is 42.5 Å². The second kappa shape index (κ2) is 11.3. The standard InChI is InChI=1S/C32H26Cl2N6O4S/c1-44-30-24(8-10-28(34)37-30)32(39-18-16-38(17-19-39)23-11-14-35-15-12-23)25-20-22(33)7-9-26(25)40(31(32)41)45(42,43)27-6-2-4-21-5-3-13-36-29(21)27/h2-15,20H,16-19H2,1H3. The minimum Gasteiger partial charge on any atom is -0.481 e. The van der Waals surface area contributed by atoms with E-state index in [0.29, 0.717) is 47.7 Å². The zero-order valence-electron chi connectivity index (χ0n) is 24.0. The third-order valence-corrected chi connectivity index (χ3v) is 10.5. The van der Waals surface area contributed by atoms with Crippen LogP contribution in [-0.2, 0) is 20.4 Å². The second-order valence-corrected chi connectivity index (χ2v) is 13.2. The Morgan fingerprint density at radius 1 is 0.867 bits per heavy atom. The molecule has 5 heterocycles. The molecule has 13 heteroatoms. The Morgan fingerprint density at radius 3 is 2.38 bits per heavy atom. The fraction of sp³-hybridized carbons (Fsp3) is 0.188. The lowest BCUT2D eigenvalue weighted by Crippen LogP contribution is -2.60. The first-order valence-corrected chi connectivity index (χ1v) is 16.3. The highest BCUT2D eigenvalue weighted by molar-refractivity contribution is 7.93. The summed E-state index contributed by atoms with van der Waals surface area (Å²) >= 11 is 12.9. The predicted molar refractivity (Wildman–Crippen MR) is 172 cm³/mol. The number of benzene rings is 2. The SMILES string of the molecule is COc1nc(Cl)ccc1C1(N2CCN(c3ccncc3)CC2)C(=O)N(S(=O)(=O)c2cccc3cccnc23)c2ccc(Cl)cc21. The van der Waals surface area contributed by atoms with Gasteiger partial charge in [0, 0.05) is 72.0 Å². The molecule has 0 spiro atoms. The number of piperazine rings is 1. The maximum Gasteiger partial charge on any atom is 0.273 e. The Bertz CT molecular complexity index is 2050. The average Bonchev–Trinajstić information content (AvgIpc) is 3.33. The Kier molecular flexibility index (Phi) is 7.36. The largest absolute Gasteiger partial charge is 0.481 e. The molecule has 10 nitrogen and oxygen atoms in total. The number of hydrogen-bond donors (Lipinski definition) is 0. The van der Waals surface area contributed by atoms with Crippen LogP contribution in [0.3, 0.4) is 0 Å². The quantitative estimate of drug-likeness (QED) is 0.229. The van der Waals surface area contributed by atoms with E-state index in [-0.39, 0.29) is 27.1 Å². The molecule has 2 aromatic carbocycles. The molecule has 5 aromatic rings. The molecule has 1 amide bonds. The zero-order valence-corrected chi connectivity index (χ0v) is 26.3. The number of carbonyl (C=O) groups excluding carboxylic acids is 1. The number of rotatable bonds is 6. The lowest BCUT2D eigenvalue weighted by Gasteiger charge is -2.45. The average molecular weight is 662 g/mol. The maximum atomic E-state index is 15.3. The van der Waals surface area contributed by atoms with Crippen LogP contribution in [0.5, 0.6) is 5.88 Å². The minimum atomic E-state index is -4.49. The maximum absolute atomic E-state index is 15.3. The van der Waals surface area contributed by atoms with E-state index in [1.807, 2.05) is 17.0 Å². The number of amides is 1. The number of aromatic nitrogens is 3. The Morgan fingerprint density at radius 2 is 1.62 bits per heavy atom. The zero-order chi connectivity index (χ0) is 31.3. The van der Waals surface area contributed by atoms with E-state index in [2.05, 4.69) is 19.9 Å². The molecule has 1 fully saturated rings. The van der Waals surface area contributed by atoms with Crippen LogP contribution in [0, 0.1) is 0 Å². The summed E-state index contributed by atoms with van der Waals surface area (Å²) in [6.45, 7) is 1.90. The summed E-state index contributed by atoms with van der Waals surface area (Å²) in [7, 11) is -3.06. The summed E-state index contributed by atoms with van der Waals surface area (Å²) in [6.07, 6.45) is 4.99.